The zero-order valence-corrected chi connectivity index (χ0v) is 13.8. The number of benzene rings is 2. The van der Waals surface area contributed by atoms with Crippen LogP contribution in [0.15, 0.2) is 54.6 Å². The summed E-state index contributed by atoms with van der Waals surface area (Å²) in [6.45, 7) is 4.29. The first-order chi connectivity index (χ1) is 11.6. The molecule has 4 nitrogen and oxygen atoms in total. The van der Waals surface area contributed by atoms with Gasteiger partial charge in [0.15, 0.2) is 5.78 Å². The molecule has 0 fully saturated rings. The third-order valence-corrected chi connectivity index (χ3v) is 3.67. The van der Waals surface area contributed by atoms with Crippen LogP contribution in [0.2, 0.25) is 0 Å². The minimum atomic E-state index is 0.0221. The van der Waals surface area contributed by atoms with E-state index < -0.39 is 0 Å². The summed E-state index contributed by atoms with van der Waals surface area (Å²) in [6.07, 6.45) is 0. The maximum Gasteiger partial charge on any atom is 0.159 e. The van der Waals surface area contributed by atoms with Gasteiger partial charge in [-0.2, -0.15) is 0 Å². The van der Waals surface area contributed by atoms with E-state index in [-0.39, 0.29) is 5.78 Å². The highest BCUT2D eigenvalue weighted by Gasteiger charge is 2.05. The van der Waals surface area contributed by atoms with Crippen molar-refractivity contribution in [3.63, 3.8) is 0 Å². The SMILES string of the molecule is CC(=O)c1cccc(OCCOc2cccc3ccc(C)nc23)c1. The van der Waals surface area contributed by atoms with Crippen molar-refractivity contribution in [1.82, 2.24) is 4.98 Å². The van der Waals surface area contributed by atoms with Crippen molar-refractivity contribution in [3.8, 4) is 11.5 Å². The molecule has 0 spiro atoms. The smallest absolute Gasteiger partial charge is 0.159 e. The van der Waals surface area contributed by atoms with Crippen LogP contribution in [0.4, 0.5) is 0 Å². The molecule has 0 bridgehead atoms. The molecule has 0 aliphatic rings. The Morgan fingerprint density at radius 3 is 2.62 bits per heavy atom. The van der Waals surface area contributed by atoms with Crippen LogP contribution in [-0.4, -0.2) is 24.0 Å². The first kappa shape index (κ1) is 16.0. The molecule has 0 unspecified atom stereocenters. The fourth-order valence-electron chi connectivity index (χ4n) is 2.45. The minimum Gasteiger partial charge on any atom is -0.490 e. The van der Waals surface area contributed by atoms with Gasteiger partial charge in [-0.25, -0.2) is 4.98 Å². The summed E-state index contributed by atoms with van der Waals surface area (Å²) in [4.78, 5) is 15.9. The molecule has 3 rings (SSSR count). The number of aryl methyl sites for hydroxylation is 1. The number of fused-ring (bicyclic) bond motifs is 1. The van der Waals surface area contributed by atoms with E-state index in [0.717, 1.165) is 22.3 Å². The standard InChI is InChI=1S/C20H19NO3/c1-14-9-10-16-5-4-8-19(20(16)21-14)24-12-11-23-18-7-3-6-17(13-18)15(2)22/h3-10,13H,11-12H2,1-2H3. The number of aromatic nitrogens is 1. The van der Waals surface area contributed by atoms with Crippen molar-refractivity contribution in [2.45, 2.75) is 13.8 Å². The highest BCUT2D eigenvalue weighted by Crippen LogP contribution is 2.24. The fraction of sp³-hybridized carbons (Fsp3) is 0.200. The number of hydrogen-bond donors (Lipinski definition) is 0. The number of hydrogen-bond acceptors (Lipinski definition) is 4. The monoisotopic (exact) mass is 321 g/mol. The van der Waals surface area contributed by atoms with Gasteiger partial charge in [0.1, 0.15) is 30.2 Å². The molecule has 0 aliphatic heterocycles. The van der Waals surface area contributed by atoms with Crippen molar-refractivity contribution in [2.75, 3.05) is 13.2 Å². The van der Waals surface area contributed by atoms with Crippen molar-refractivity contribution >= 4 is 16.7 Å². The summed E-state index contributed by atoms with van der Waals surface area (Å²) in [5.74, 6) is 1.43. The highest BCUT2D eigenvalue weighted by molar-refractivity contribution is 5.94. The van der Waals surface area contributed by atoms with Gasteiger partial charge in [0.25, 0.3) is 0 Å². The van der Waals surface area contributed by atoms with E-state index in [9.17, 15) is 4.79 Å². The second-order valence-electron chi connectivity index (χ2n) is 5.56. The highest BCUT2D eigenvalue weighted by atomic mass is 16.5. The van der Waals surface area contributed by atoms with Gasteiger partial charge in [0.2, 0.25) is 0 Å². The van der Waals surface area contributed by atoms with Crippen LogP contribution in [0.25, 0.3) is 10.9 Å². The molecule has 122 valence electrons. The minimum absolute atomic E-state index is 0.0221. The van der Waals surface area contributed by atoms with Crippen LogP contribution >= 0.6 is 0 Å². The van der Waals surface area contributed by atoms with Crippen LogP contribution in [0.3, 0.4) is 0 Å². The first-order valence-corrected chi connectivity index (χ1v) is 7.86. The number of pyridine rings is 1. The first-order valence-electron chi connectivity index (χ1n) is 7.86. The number of rotatable bonds is 6. The summed E-state index contributed by atoms with van der Waals surface area (Å²) >= 11 is 0. The summed E-state index contributed by atoms with van der Waals surface area (Å²) in [7, 11) is 0. The molecule has 0 atom stereocenters. The average molecular weight is 321 g/mol. The molecule has 0 radical (unpaired) electrons. The Morgan fingerprint density at radius 1 is 1.00 bits per heavy atom. The molecule has 0 aliphatic carbocycles. The van der Waals surface area contributed by atoms with Gasteiger partial charge in [-0.3, -0.25) is 4.79 Å². The van der Waals surface area contributed by atoms with E-state index in [2.05, 4.69) is 4.98 Å². The Kier molecular flexibility index (Phi) is 4.75. The van der Waals surface area contributed by atoms with Crippen LogP contribution in [0, 0.1) is 6.92 Å². The maximum absolute atomic E-state index is 11.4. The second-order valence-corrected chi connectivity index (χ2v) is 5.56. The molecule has 1 heterocycles. The Hall–Kier alpha value is -2.88. The summed E-state index contributed by atoms with van der Waals surface area (Å²) in [6, 6.07) is 17.0. The van der Waals surface area contributed by atoms with Gasteiger partial charge in [-0.05, 0) is 38.1 Å². The van der Waals surface area contributed by atoms with Crippen LogP contribution in [-0.2, 0) is 0 Å². The lowest BCUT2D eigenvalue weighted by Crippen LogP contribution is -2.09. The Balaban J connectivity index is 1.62. The average Bonchev–Trinajstić information content (AvgIpc) is 2.59. The third-order valence-electron chi connectivity index (χ3n) is 3.67. The molecule has 3 aromatic rings. The zero-order chi connectivity index (χ0) is 16.9. The normalized spacial score (nSPS) is 10.6. The van der Waals surface area contributed by atoms with Gasteiger partial charge in [-0.15, -0.1) is 0 Å². The topological polar surface area (TPSA) is 48.4 Å². The maximum atomic E-state index is 11.4. The fourth-order valence-corrected chi connectivity index (χ4v) is 2.45. The number of Topliss-reactive ketones (excluding diaryl/α,β-unsaturated/α-hetero) is 1. The predicted octanol–water partition coefficient (Wildman–Crippen LogP) is 4.20. The number of nitrogens with zero attached hydrogens (tertiary/aromatic N) is 1. The number of carbonyl (C=O) groups excluding carboxylic acids is 1. The quantitative estimate of drug-likeness (QED) is 0.504. The van der Waals surface area contributed by atoms with E-state index >= 15 is 0 Å². The third kappa shape index (κ3) is 3.71. The molecule has 0 saturated carbocycles. The van der Waals surface area contributed by atoms with Crippen LogP contribution < -0.4 is 9.47 Å². The Labute approximate surface area is 141 Å². The molecular formula is C20H19NO3. The van der Waals surface area contributed by atoms with E-state index in [0.29, 0.717) is 24.5 Å². The van der Waals surface area contributed by atoms with Crippen molar-refractivity contribution in [1.29, 1.82) is 0 Å². The van der Waals surface area contributed by atoms with Crippen molar-refractivity contribution < 1.29 is 14.3 Å². The molecule has 1 aromatic heterocycles. The van der Waals surface area contributed by atoms with Crippen molar-refractivity contribution in [3.05, 3.63) is 65.9 Å². The van der Waals surface area contributed by atoms with Gasteiger partial charge >= 0.3 is 0 Å². The molecule has 24 heavy (non-hydrogen) atoms. The zero-order valence-electron chi connectivity index (χ0n) is 13.8. The number of ether oxygens (including phenoxy) is 2. The molecule has 4 heteroatoms. The lowest BCUT2D eigenvalue weighted by molar-refractivity contribution is 0.101. The summed E-state index contributed by atoms with van der Waals surface area (Å²) in [5.41, 5.74) is 2.45. The van der Waals surface area contributed by atoms with Crippen LogP contribution in [0.5, 0.6) is 11.5 Å². The van der Waals surface area contributed by atoms with E-state index in [1.807, 2.05) is 49.4 Å². The largest absolute Gasteiger partial charge is 0.490 e. The molecule has 2 aromatic carbocycles. The Bertz CT molecular complexity index is 874. The van der Waals surface area contributed by atoms with E-state index in [4.69, 9.17) is 9.47 Å². The van der Waals surface area contributed by atoms with Crippen molar-refractivity contribution in [2.24, 2.45) is 0 Å². The van der Waals surface area contributed by atoms with Gasteiger partial charge in [0, 0.05) is 16.6 Å². The second kappa shape index (κ2) is 7.13. The number of ketones is 1. The molecule has 0 N–H and O–H groups in total. The Morgan fingerprint density at radius 2 is 1.79 bits per heavy atom. The van der Waals surface area contributed by atoms with E-state index in [1.54, 1.807) is 12.1 Å². The molecule has 0 amide bonds. The lowest BCUT2D eigenvalue weighted by atomic mass is 10.1. The number of para-hydroxylation sites is 1. The summed E-state index contributed by atoms with van der Waals surface area (Å²) < 4.78 is 11.5. The summed E-state index contributed by atoms with van der Waals surface area (Å²) in [5, 5.41) is 1.05. The van der Waals surface area contributed by atoms with Crippen LogP contribution in [0.1, 0.15) is 23.0 Å². The van der Waals surface area contributed by atoms with E-state index in [1.165, 1.54) is 6.92 Å². The predicted molar refractivity (Wildman–Crippen MR) is 93.9 cm³/mol. The molecular weight excluding hydrogens is 302 g/mol. The lowest BCUT2D eigenvalue weighted by Gasteiger charge is -2.11. The van der Waals surface area contributed by atoms with Gasteiger partial charge in [-0.1, -0.05) is 30.3 Å². The number of carbonyl (C=O) groups is 1. The van der Waals surface area contributed by atoms with Gasteiger partial charge < -0.3 is 9.47 Å². The molecule has 0 saturated heterocycles. The van der Waals surface area contributed by atoms with Gasteiger partial charge in [0.05, 0.1) is 0 Å².